The number of nitrogens with zero attached hydrogens (tertiary/aromatic N) is 2. The summed E-state index contributed by atoms with van der Waals surface area (Å²) in [5.41, 5.74) is -1.27. The molecular formula is C19H14N4O7. The molecule has 11 nitrogen and oxygen atoms in total. The third-order valence-electron chi connectivity index (χ3n) is 4.40. The molecule has 3 amide bonds. The number of nitro groups is 2. The van der Waals surface area contributed by atoms with Crippen LogP contribution in [0.1, 0.15) is 15.9 Å². The van der Waals surface area contributed by atoms with E-state index < -0.39 is 38.8 Å². The first-order valence-corrected chi connectivity index (χ1v) is 8.45. The van der Waals surface area contributed by atoms with Gasteiger partial charge in [0.1, 0.15) is 5.75 Å². The van der Waals surface area contributed by atoms with Crippen molar-refractivity contribution in [3.8, 4) is 5.75 Å². The van der Waals surface area contributed by atoms with Crippen LogP contribution in [0.3, 0.4) is 0 Å². The second-order valence-corrected chi connectivity index (χ2v) is 6.24. The number of hydrogen-bond acceptors (Lipinski definition) is 7. The van der Waals surface area contributed by atoms with Crippen molar-refractivity contribution in [2.24, 2.45) is 0 Å². The summed E-state index contributed by atoms with van der Waals surface area (Å²) >= 11 is 0. The van der Waals surface area contributed by atoms with E-state index in [1.54, 1.807) is 19.1 Å². The lowest BCUT2D eigenvalue weighted by molar-refractivity contribution is -0.392. The van der Waals surface area contributed by atoms with E-state index in [1.807, 2.05) is 10.6 Å². The molecule has 0 aliphatic rings. The summed E-state index contributed by atoms with van der Waals surface area (Å²) in [6.07, 6.45) is 0. The zero-order valence-corrected chi connectivity index (χ0v) is 15.4. The molecule has 3 aromatic carbocycles. The molecule has 0 fully saturated rings. The SMILES string of the molecule is Cc1c(O)ccc2cc(C(=O)NC(=O)Nc3c([N+](=O)[O-])cccc3[N+](=O)[O-])ccc12. The van der Waals surface area contributed by atoms with Crippen LogP contribution in [0.15, 0.2) is 48.5 Å². The van der Waals surface area contributed by atoms with Crippen LogP contribution in [-0.4, -0.2) is 26.9 Å². The smallest absolute Gasteiger partial charge is 0.326 e. The molecule has 0 spiro atoms. The molecule has 0 aromatic heterocycles. The van der Waals surface area contributed by atoms with Crippen LogP contribution in [0, 0.1) is 27.2 Å². The highest BCUT2D eigenvalue weighted by Crippen LogP contribution is 2.33. The van der Waals surface area contributed by atoms with Gasteiger partial charge in [-0.15, -0.1) is 0 Å². The van der Waals surface area contributed by atoms with Gasteiger partial charge in [-0.1, -0.05) is 12.1 Å². The Morgan fingerprint density at radius 3 is 2.20 bits per heavy atom. The molecule has 30 heavy (non-hydrogen) atoms. The molecule has 11 heteroatoms. The number of fused-ring (bicyclic) bond motifs is 1. The third kappa shape index (κ3) is 3.85. The molecule has 0 unspecified atom stereocenters. The quantitative estimate of drug-likeness (QED) is 0.436. The number of nitro benzene ring substituents is 2. The van der Waals surface area contributed by atoms with E-state index in [4.69, 9.17) is 0 Å². The molecule has 0 saturated carbocycles. The predicted molar refractivity (Wildman–Crippen MR) is 107 cm³/mol. The van der Waals surface area contributed by atoms with Gasteiger partial charge in [0, 0.05) is 17.7 Å². The fraction of sp³-hybridized carbons (Fsp3) is 0.0526. The van der Waals surface area contributed by atoms with Crippen LogP contribution in [0.2, 0.25) is 0 Å². The van der Waals surface area contributed by atoms with Crippen molar-refractivity contribution in [3.05, 3.63) is 79.9 Å². The molecular weight excluding hydrogens is 396 g/mol. The second kappa shape index (κ2) is 7.83. The highest BCUT2D eigenvalue weighted by molar-refractivity contribution is 6.10. The topological polar surface area (TPSA) is 165 Å². The molecule has 0 radical (unpaired) electrons. The first-order valence-electron chi connectivity index (χ1n) is 8.45. The molecule has 0 atom stereocenters. The van der Waals surface area contributed by atoms with E-state index >= 15 is 0 Å². The summed E-state index contributed by atoms with van der Waals surface area (Å²) in [6, 6.07) is 9.54. The monoisotopic (exact) mass is 410 g/mol. The number of aryl methyl sites for hydroxylation is 1. The van der Waals surface area contributed by atoms with Crippen LogP contribution in [0.25, 0.3) is 10.8 Å². The number of carbonyl (C=O) groups excluding carboxylic acids is 2. The minimum Gasteiger partial charge on any atom is -0.508 e. The van der Waals surface area contributed by atoms with Crippen LogP contribution in [-0.2, 0) is 0 Å². The highest BCUT2D eigenvalue weighted by Gasteiger charge is 2.27. The second-order valence-electron chi connectivity index (χ2n) is 6.24. The van der Waals surface area contributed by atoms with E-state index in [0.29, 0.717) is 16.3 Å². The minimum atomic E-state index is -1.17. The number of phenolic OH excluding ortho intramolecular Hbond substituents is 1. The summed E-state index contributed by atoms with van der Waals surface area (Å²) in [6.45, 7) is 1.71. The summed E-state index contributed by atoms with van der Waals surface area (Å²) in [5.74, 6) is -0.716. The van der Waals surface area contributed by atoms with Crippen LogP contribution < -0.4 is 10.6 Å². The average Bonchev–Trinajstić information content (AvgIpc) is 2.70. The summed E-state index contributed by atoms with van der Waals surface area (Å²) in [4.78, 5) is 45.1. The largest absolute Gasteiger partial charge is 0.508 e. The van der Waals surface area contributed by atoms with Crippen molar-refractivity contribution in [1.82, 2.24) is 5.32 Å². The minimum absolute atomic E-state index is 0.102. The number of para-hydroxylation sites is 1. The zero-order valence-electron chi connectivity index (χ0n) is 15.4. The van der Waals surface area contributed by atoms with Gasteiger partial charge in [-0.25, -0.2) is 4.79 Å². The number of rotatable bonds is 4. The van der Waals surface area contributed by atoms with Gasteiger partial charge in [0.25, 0.3) is 17.3 Å². The molecule has 0 heterocycles. The molecule has 152 valence electrons. The Morgan fingerprint density at radius 1 is 0.967 bits per heavy atom. The maximum Gasteiger partial charge on any atom is 0.326 e. The molecule has 0 bridgehead atoms. The molecule has 3 rings (SSSR count). The van der Waals surface area contributed by atoms with Crippen molar-refractivity contribution >= 4 is 39.8 Å². The Bertz CT molecular complexity index is 1190. The van der Waals surface area contributed by atoms with Crippen molar-refractivity contribution in [2.75, 3.05) is 5.32 Å². The number of urea groups is 1. The molecule has 0 aliphatic heterocycles. The van der Waals surface area contributed by atoms with Gasteiger partial charge >= 0.3 is 6.03 Å². The Hall–Kier alpha value is -4.54. The maximum absolute atomic E-state index is 12.4. The van der Waals surface area contributed by atoms with Crippen molar-refractivity contribution in [2.45, 2.75) is 6.92 Å². The van der Waals surface area contributed by atoms with Gasteiger partial charge in [-0.05, 0) is 47.5 Å². The standard InChI is InChI=1S/C19H14N4O7/c1-10-13-7-5-12(9-11(13)6-8-16(10)24)18(25)21-19(26)20-17-14(22(27)28)3-2-4-15(17)23(29)30/h2-9,24H,1H3,(H2,20,21,25,26). The van der Waals surface area contributed by atoms with E-state index in [-0.39, 0.29) is 11.3 Å². The number of aromatic hydroxyl groups is 1. The maximum atomic E-state index is 12.4. The van der Waals surface area contributed by atoms with Gasteiger partial charge in [0.2, 0.25) is 0 Å². The van der Waals surface area contributed by atoms with Gasteiger partial charge in [-0.2, -0.15) is 0 Å². The number of hydrogen-bond donors (Lipinski definition) is 3. The number of imide groups is 1. The Morgan fingerprint density at radius 2 is 1.60 bits per heavy atom. The Labute approximate surface area is 168 Å². The van der Waals surface area contributed by atoms with E-state index in [9.17, 15) is 34.9 Å². The lowest BCUT2D eigenvalue weighted by atomic mass is 10.0. The molecule has 0 aliphatic carbocycles. The third-order valence-corrected chi connectivity index (χ3v) is 4.40. The van der Waals surface area contributed by atoms with Crippen molar-refractivity contribution < 1.29 is 24.5 Å². The van der Waals surface area contributed by atoms with Crippen LogP contribution >= 0.6 is 0 Å². The van der Waals surface area contributed by atoms with E-state index in [2.05, 4.69) is 0 Å². The molecule has 3 N–H and O–H groups in total. The first-order chi connectivity index (χ1) is 14.2. The summed E-state index contributed by atoms with van der Waals surface area (Å²) in [5, 5.41) is 37.4. The number of carbonyl (C=O) groups is 2. The van der Waals surface area contributed by atoms with Crippen molar-refractivity contribution in [1.29, 1.82) is 0 Å². The highest BCUT2D eigenvalue weighted by atomic mass is 16.6. The lowest BCUT2D eigenvalue weighted by Crippen LogP contribution is -2.34. The van der Waals surface area contributed by atoms with E-state index in [1.165, 1.54) is 18.2 Å². The average molecular weight is 410 g/mol. The fourth-order valence-electron chi connectivity index (χ4n) is 2.90. The van der Waals surface area contributed by atoms with Gasteiger partial charge in [-0.3, -0.25) is 35.7 Å². The van der Waals surface area contributed by atoms with Crippen LogP contribution in [0.5, 0.6) is 5.75 Å². The summed E-state index contributed by atoms with van der Waals surface area (Å²) in [7, 11) is 0. The van der Waals surface area contributed by atoms with E-state index in [0.717, 1.165) is 18.2 Å². The molecule has 0 saturated heterocycles. The summed E-state index contributed by atoms with van der Waals surface area (Å²) < 4.78 is 0. The van der Waals surface area contributed by atoms with Crippen molar-refractivity contribution in [3.63, 3.8) is 0 Å². The normalized spacial score (nSPS) is 10.4. The number of amides is 3. The van der Waals surface area contributed by atoms with Gasteiger partial charge < -0.3 is 5.11 Å². The van der Waals surface area contributed by atoms with Gasteiger partial charge in [0.15, 0.2) is 5.69 Å². The zero-order chi connectivity index (χ0) is 22.0. The predicted octanol–water partition coefficient (Wildman–Crippen LogP) is 3.63. The Balaban J connectivity index is 1.84. The first kappa shape index (κ1) is 20.2. The number of benzene rings is 3. The number of anilines is 1. The number of phenols is 1. The lowest BCUT2D eigenvalue weighted by Gasteiger charge is -2.09. The van der Waals surface area contributed by atoms with Gasteiger partial charge in [0.05, 0.1) is 9.85 Å². The molecule has 3 aromatic rings. The fourth-order valence-corrected chi connectivity index (χ4v) is 2.90. The number of nitrogens with one attached hydrogen (secondary N) is 2. The Kier molecular flexibility index (Phi) is 5.27. The van der Waals surface area contributed by atoms with Crippen LogP contribution in [0.4, 0.5) is 21.9 Å².